The molecule has 5 heteroatoms. The summed E-state index contributed by atoms with van der Waals surface area (Å²) < 4.78 is 31.8. The van der Waals surface area contributed by atoms with E-state index in [1.54, 1.807) is 19.1 Å². The Morgan fingerprint density at radius 3 is 2.15 bits per heavy atom. The van der Waals surface area contributed by atoms with Crippen LogP contribution < -0.4 is 68.9 Å². The fourth-order valence-electron chi connectivity index (χ4n) is 1.08. The first-order valence-electron chi connectivity index (χ1n) is 3.44. The van der Waals surface area contributed by atoms with Gasteiger partial charge in [0.25, 0.3) is 0 Å². The van der Waals surface area contributed by atoms with Crippen LogP contribution in [0.2, 0.25) is 0 Å². The first kappa shape index (κ1) is 14.2. The van der Waals surface area contributed by atoms with E-state index in [0.29, 0.717) is 5.56 Å². The molecule has 0 aliphatic carbocycles. The molecule has 0 unspecified atom stereocenters. The van der Waals surface area contributed by atoms with E-state index < -0.39 is 10.1 Å². The summed E-state index contributed by atoms with van der Waals surface area (Å²) in [6.45, 7) is 3.45. The van der Waals surface area contributed by atoms with Gasteiger partial charge in [0.1, 0.15) is 10.1 Å². The van der Waals surface area contributed by atoms with Gasteiger partial charge in [-0.15, -0.1) is 0 Å². The van der Waals surface area contributed by atoms with Crippen molar-refractivity contribution in [2.75, 3.05) is 0 Å². The summed E-state index contributed by atoms with van der Waals surface area (Å²) >= 11 is 0. The molecular formula is C8H9CsO3S. The van der Waals surface area contributed by atoms with Crippen molar-refractivity contribution in [3.8, 4) is 0 Å². The van der Waals surface area contributed by atoms with Gasteiger partial charge in [0.05, 0.1) is 4.90 Å². The van der Waals surface area contributed by atoms with Gasteiger partial charge in [-0.25, -0.2) is 8.42 Å². The van der Waals surface area contributed by atoms with Gasteiger partial charge < -0.3 is 4.55 Å². The molecule has 0 spiro atoms. The maximum atomic E-state index is 10.6. The van der Waals surface area contributed by atoms with Crippen LogP contribution >= 0.6 is 0 Å². The van der Waals surface area contributed by atoms with E-state index in [-0.39, 0.29) is 73.8 Å². The molecule has 66 valence electrons. The van der Waals surface area contributed by atoms with Crippen molar-refractivity contribution in [3.63, 3.8) is 0 Å². The van der Waals surface area contributed by atoms with Gasteiger partial charge in [-0.05, 0) is 25.5 Å². The van der Waals surface area contributed by atoms with E-state index in [9.17, 15) is 13.0 Å². The molecule has 0 aliphatic rings. The van der Waals surface area contributed by atoms with Crippen LogP contribution in [0.15, 0.2) is 23.1 Å². The maximum absolute atomic E-state index is 10.6. The van der Waals surface area contributed by atoms with Crippen molar-refractivity contribution in [1.29, 1.82) is 0 Å². The molecule has 1 aromatic rings. The third-order valence-corrected chi connectivity index (χ3v) is 2.60. The van der Waals surface area contributed by atoms with E-state index in [4.69, 9.17) is 0 Å². The molecule has 0 bridgehead atoms. The van der Waals surface area contributed by atoms with Crippen LogP contribution in [0.4, 0.5) is 0 Å². The second kappa shape index (κ2) is 5.32. The van der Waals surface area contributed by atoms with Crippen molar-refractivity contribution in [2.45, 2.75) is 18.7 Å². The van der Waals surface area contributed by atoms with Crippen LogP contribution in [0.3, 0.4) is 0 Å². The Balaban J connectivity index is 0.00000144. The van der Waals surface area contributed by atoms with E-state index >= 15 is 0 Å². The molecule has 0 N–H and O–H groups in total. The number of hydrogen-bond donors (Lipinski definition) is 0. The van der Waals surface area contributed by atoms with Gasteiger partial charge in [0.15, 0.2) is 0 Å². The third-order valence-electron chi connectivity index (χ3n) is 1.60. The summed E-state index contributed by atoms with van der Waals surface area (Å²) in [5, 5.41) is 0. The zero-order valence-corrected chi connectivity index (χ0v) is 15.0. The van der Waals surface area contributed by atoms with Gasteiger partial charge in [-0.1, -0.05) is 17.7 Å². The molecule has 1 rings (SSSR count). The molecule has 0 saturated heterocycles. The molecule has 0 radical (unpaired) electrons. The van der Waals surface area contributed by atoms with Gasteiger partial charge >= 0.3 is 68.9 Å². The molecule has 13 heavy (non-hydrogen) atoms. The Morgan fingerprint density at radius 2 is 1.77 bits per heavy atom. The summed E-state index contributed by atoms with van der Waals surface area (Å²) in [6.07, 6.45) is 0. The monoisotopic (exact) mass is 318 g/mol. The van der Waals surface area contributed by atoms with Gasteiger partial charge in [-0.2, -0.15) is 0 Å². The van der Waals surface area contributed by atoms with E-state index in [0.717, 1.165) is 5.56 Å². The first-order valence-corrected chi connectivity index (χ1v) is 4.85. The molecule has 0 saturated carbocycles. The van der Waals surface area contributed by atoms with Crippen LogP contribution in [-0.2, 0) is 10.1 Å². The SMILES string of the molecule is Cc1ccc(S(=O)(=O)[O-])c(C)c1.[Cs+]. The molecule has 0 fully saturated rings. The van der Waals surface area contributed by atoms with Crippen LogP contribution in [0, 0.1) is 13.8 Å². The fraction of sp³-hybridized carbons (Fsp3) is 0.250. The second-order valence-electron chi connectivity index (χ2n) is 2.72. The smallest absolute Gasteiger partial charge is 0.744 e. The molecule has 0 heterocycles. The van der Waals surface area contributed by atoms with Crippen LogP contribution in [0.1, 0.15) is 11.1 Å². The third kappa shape index (κ3) is 4.05. The Labute approximate surface area is 137 Å². The summed E-state index contributed by atoms with van der Waals surface area (Å²) in [7, 11) is -4.30. The van der Waals surface area contributed by atoms with Crippen LogP contribution in [-0.4, -0.2) is 13.0 Å². The molecule has 0 atom stereocenters. The van der Waals surface area contributed by atoms with Crippen molar-refractivity contribution in [2.24, 2.45) is 0 Å². The van der Waals surface area contributed by atoms with Gasteiger partial charge in [0, 0.05) is 0 Å². The van der Waals surface area contributed by atoms with Crippen LogP contribution in [0.5, 0.6) is 0 Å². The predicted octanol–water partition coefficient (Wildman–Crippen LogP) is -1.79. The van der Waals surface area contributed by atoms with E-state index in [1.165, 1.54) is 6.07 Å². The van der Waals surface area contributed by atoms with Crippen molar-refractivity contribution in [1.82, 2.24) is 0 Å². The zero-order valence-electron chi connectivity index (χ0n) is 7.87. The Hall–Kier alpha value is 1.18. The van der Waals surface area contributed by atoms with Crippen molar-refractivity contribution in [3.05, 3.63) is 29.3 Å². The zero-order chi connectivity index (χ0) is 9.35. The Kier molecular flexibility index (Phi) is 5.80. The second-order valence-corrected chi connectivity index (χ2v) is 4.07. The number of aryl methyl sites for hydroxylation is 2. The largest absolute Gasteiger partial charge is 1.00 e. The van der Waals surface area contributed by atoms with Crippen molar-refractivity contribution < 1.29 is 81.9 Å². The normalized spacial score (nSPS) is 10.7. The topological polar surface area (TPSA) is 57.2 Å². The van der Waals surface area contributed by atoms with Gasteiger partial charge in [-0.3, -0.25) is 0 Å². The Bertz CT molecular complexity index is 398. The van der Waals surface area contributed by atoms with E-state index in [1.807, 2.05) is 6.92 Å². The summed E-state index contributed by atoms with van der Waals surface area (Å²) in [5.41, 5.74) is 1.45. The number of benzene rings is 1. The minimum Gasteiger partial charge on any atom is -0.744 e. The minimum atomic E-state index is -4.30. The summed E-state index contributed by atoms with van der Waals surface area (Å²) in [6, 6.07) is 4.62. The number of hydrogen-bond acceptors (Lipinski definition) is 3. The summed E-state index contributed by atoms with van der Waals surface area (Å²) in [4.78, 5) is -0.131. The Morgan fingerprint density at radius 1 is 1.23 bits per heavy atom. The van der Waals surface area contributed by atoms with Gasteiger partial charge in [0.2, 0.25) is 0 Å². The fourth-order valence-corrected chi connectivity index (χ4v) is 1.77. The molecule has 1 aromatic carbocycles. The molecular weight excluding hydrogens is 309 g/mol. The molecule has 0 amide bonds. The first-order chi connectivity index (χ1) is 5.41. The van der Waals surface area contributed by atoms with E-state index in [2.05, 4.69) is 0 Å². The average Bonchev–Trinajstić information content (AvgIpc) is 1.83. The predicted molar refractivity (Wildman–Crippen MR) is 43.9 cm³/mol. The average molecular weight is 318 g/mol. The molecule has 0 aliphatic heterocycles. The minimum absolute atomic E-state index is 0. The van der Waals surface area contributed by atoms with Crippen LogP contribution in [0.25, 0.3) is 0 Å². The summed E-state index contributed by atoms with van der Waals surface area (Å²) in [5.74, 6) is 0. The quantitative estimate of drug-likeness (QED) is 0.575. The number of rotatable bonds is 1. The maximum Gasteiger partial charge on any atom is 1.00 e. The standard InChI is InChI=1S/C8H10O3S.Cs/c1-6-3-4-8(7(2)5-6)12(9,10)11;/h3-5H,1-2H3,(H,9,10,11);/q;+1/p-1. The van der Waals surface area contributed by atoms with Crippen molar-refractivity contribution >= 4 is 10.1 Å². The molecule has 0 aromatic heterocycles. The molecule has 3 nitrogen and oxygen atoms in total.